The van der Waals surface area contributed by atoms with Crippen molar-refractivity contribution in [1.82, 2.24) is 4.98 Å². The third-order valence-corrected chi connectivity index (χ3v) is 4.42. The number of aromatic nitrogens is 1. The number of halogens is 3. The average molecular weight is 335 g/mol. The number of Topliss-reactive ketones (excluding diaryl/α,β-unsaturated/α-hetero) is 1. The zero-order valence-corrected chi connectivity index (χ0v) is 12.8. The molecular weight excluding hydrogens is 319 g/mol. The molecule has 1 N–H and O–H groups in total. The zero-order chi connectivity index (χ0) is 17.3. The lowest BCUT2D eigenvalue weighted by molar-refractivity contribution is -0.133. The molecule has 1 aliphatic rings. The molecule has 24 heavy (non-hydrogen) atoms. The second-order valence-corrected chi connectivity index (χ2v) is 5.95. The number of ketones is 1. The molecule has 1 heterocycles. The van der Waals surface area contributed by atoms with Crippen LogP contribution in [-0.2, 0) is 16.9 Å². The van der Waals surface area contributed by atoms with Crippen LogP contribution in [0.4, 0.5) is 13.2 Å². The first kappa shape index (κ1) is 16.6. The molecule has 2 aromatic rings. The summed E-state index contributed by atoms with van der Waals surface area (Å²) in [7, 11) is 0. The molecule has 0 unspecified atom stereocenters. The zero-order valence-electron chi connectivity index (χ0n) is 12.8. The van der Waals surface area contributed by atoms with Crippen LogP contribution in [0, 0.1) is 11.6 Å². The topological polar surface area (TPSA) is 50.2 Å². The second kappa shape index (κ2) is 6.36. The van der Waals surface area contributed by atoms with Crippen molar-refractivity contribution in [3.05, 3.63) is 65.0 Å². The Morgan fingerprint density at radius 2 is 2.12 bits per heavy atom. The van der Waals surface area contributed by atoms with Crippen LogP contribution in [0.5, 0.6) is 0 Å². The van der Waals surface area contributed by atoms with Gasteiger partial charge in [0, 0.05) is 24.2 Å². The Kier molecular flexibility index (Phi) is 4.41. The lowest BCUT2D eigenvalue weighted by atomic mass is 9.77. The number of carbonyl (C=O) groups is 1. The first-order chi connectivity index (χ1) is 11.4. The Morgan fingerprint density at radius 1 is 1.33 bits per heavy atom. The molecule has 0 aliphatic heterocycles. The van der Waals surface area contributed by atoms with Crippen molar-refractivity contribution < 1.29 is 23.1 Å². The van der Waals surface area contributed by atoms with E-state index in [4.69, 9.17) is 0 Å². The fraction of sp³-hybridized carbons (Fsp3) is 0.333. The number of aliphatic hydroxyl groups is 1. The van der Waals surface area contributed by atoms with Gasteiger partial charge in [-0.1, -0.05) is 12.1 Å². The molecule has 0 saturated carbocycles. The largest absolute Gasteiger partial charge is 0.387 e. The molecule has 0 bridgehead atoms. The predicted molar refractivity (Wildman–Crippen MR) is 80.9 cm³/mol. The van der Waals surface area contributed by atoms with E-state index in [1.54, 1.807) is 0 Å². The summed E-state index contributed by atoms with van der Waals surface area (Å²) in [6.45, 7) is 0. The van der Waals surface area contributed by atoms with Crippen LogP contribution < -0.4 is 0 Å². The highest BCUT2D eigenvalue weighted by Crippen LogP contribution is 2.43. The molecule has 126 valence electrons. The van der Waals surface area contributed by atoms with Crippen LogP contribution >= 0.6 is 0 Å². The van der Waals surface area contributed by atoms with Crippen molar-refractivity contribution in [1.29, 1.82) is 0 Å². The van der Waals surface area contributed by atoms with Gasteiger partial charge in [0.2, 0.25) is 0 Å². The summed E-state index contributed by atoms with van der Waals surface area (Å²) in [5.74, 6) is -2.14. The number of fused-ring (bicyclic) bond motifs is 1. The lowest BCUT2D eigenvalue weighted by Crippen LogP contribution is -2.37. The minimum absolute atomic E-state index is 0.0191. The quantitative estimate of drug-likeness (QED) is 0.929. The minimum atomic E-state index is -2.24. The van der Waals surface area contributed by atoms with E-state index in [-0.39, 0.29) is 42.5 Å². The Labute approximate surface area is 137 Å². The van der Waals surface area contributed by atoms with Crippen LogP contribution in [0.15, 0.2) is 36.5 Å². The van der Waals surface area contributed by atoms with Crippen LogP contribution in [0.25, 0.3) is 0 Å². The van der Waals surface area contributed by atoms with Crippen LogP contribution in [0.1, 0.15) is 42.2 Å². The maximum atomic E-state index is 15.3. The van der Waals surface area contributed by atoms with Crippen LogP contribution in [0.2, 0.25) is 0 Å². The number of benzene rings is 1. The predicted octanol–water partition coefficient (Wildman–Crippen LogP) is 3.55. The summed E-state index contributed by atoms with van der Waals surface area (Å²) in [5.41, 5.74) is -1.82. The molecule has 1 aromatic heterocycles. The van der Waals surface area contributed by atoms with Crippen LogP contribution in [-0.4, -0.2) is 15.9 Å². The maximum Gasteiger partial charge on any atom is 0.195 e. The number of pyridine rings is 1. The Bertz CT molecular complexity index is 781. The summed E-state index contributed by atoms with van der Waals surface area (Å²) in [6, 6.07) is 6.05. The summed E-state index contributed by atoms with van der Waals surface area (Å²) < 4.78 is 41.9. The number of aryl methyl sites for hydroxylation is 1. The van der Waals surface area contributed by atoms with Gasteiger partial charge in [-0.15, -0.1) is 0 Å². The SMILES string of the molecule is O=C(CCc1ccc(F)cc1F)[C@@]1(F)CC[C@@H](O)c2ncccc21. The van der Waals surface area contributed by atoms with E-state index in [0.717, 1.165) is 12.1 Å². The maximum absolute atomic E-state index is 15.3. The van der Waals surface area contributed by atoms with Crippen molar-refractivity contribution in [2.24, 2.45) is 0 Å². The van der Waals surface area contributed by atoms with E-state index in [2.05, 4.69) is 4.98 Å². The second-order valence-electron chi connectivity index (χ2n) is 5.95. The number of carbonyl (C=O) groups excluding carboxylic acids is 1. The van der Waals surface area contributed by atoms with Gasteiger partial charge in [0.05, 0.1) is 11.8 Å². The summed E-state index contributed by atoms with van der Waals surface area (Å²) >= 11 is 0. The van der Waals surface area contributed by atoms with Gasteiger partial charge in [-0.05, 0) is 37.0 Å². The highest BCUT2D eigenvalue weighted by atomic mass is 19.1. The first-order valence-corrected chi connectivity index (χ1v) is 7.71. The highest BCUT2D eigenvalue weighted by molar-refractivity contribution is 5.89. The van der Waals surface area contributed by atoms with Crippen molar-refractivity contribution in [3.8, 4) is 0 Å². The number of hydrogen-bond acceptors (Lipinski definition) is 3. The van der Waals surface area contributed by atoms with Gasteiger partial charge in [-0.25, -0.2) is 13.2 Å². The average Bonchev–Trinajstić information content (AvgIpc) is 2.57. The molecular formula is C18H16F3NO2. The summed E-state index contributed by atoms with van der Waals surface area (Å²) in [4.78, 5) is 16.4. The monoisotopic (exact) mass is 335 g/mol. The van der Waals surface area contributed by atoms with Gasteiger partial charge in [0.15, 0.2) is 11.5 Å². The fourth-order valence-electron chi connectivity index (χ4n) is 3.09. The Balaban J connectivity index is 1.81. The minimum Gasteiger partial charge on any atom is -0.387 e. The van der Waals surface area contributed by atoms with Gasteiger partial charge >= 0.3 is 0 Å². The number of hydrogen-bond donors (Lipinski definition) is 1. The Hall–Kier alpha value is -2.21. The van der Waals surface area contributed by atoms with Crippen LogP contribution in [0.3, 0.4) is 0 Å². The van der Waals surface area contributed by atoms with E-state index in [9.17, 15) is 18.7 Å². The fourth-order valence-corrected chi connectivity index (χ4v) is 3.09. The lowest BCUT2D eigenvalue weighted by Gasteiger charge is -2.32. The molecule has 1 aromatic carbocycles. The molecule has 1 aliphatic carbocycles. The standard InChI is InChI=1S/C18H16F3NO2/c19-12-5-3-11(14(20)10-12)4-6-16(24)18(21)8-7-15(23)17-13(18)2-1-9-22-17/h1-3,5,9-10,15,23H,4,6-8H2/t15-,18-/m1/s1. The third kappa shape index (κ3) is 2.94. The van der Waals surface area contributed by atoms with Crippen molar-refractivity contribution in [2.75, 3.05) is 0 Å². The highest BCUT2D eigenvalue weighted by Gasteiger charge is 2.45. The molecule has 3 nitrogen and oxygen atoms in total. The third-order valence-electron chi connectivity index (χ3n) is 4.42. The summed E-state index contributed by atoms with van der Waals surface area (Å²) in [6.07, 6.45) is 0.256. The van der Waals surface area contributed by atoms with E-state index in [0.29, 0.717) is 0 Å². The molecule has 0 fully saturated rings. The van der Waals surface area contributed by atoms with Gasteiger partial charge in [0.25, 0.3) is 0 Å². The van der Waals surface area contributed by atoms with E-state index in [1.165, 1.54) is 24.4 Å². The van der Waals surface area contributed by atoms with Gasteiger partial charge < -0.3 is 5.11 Å². The molecule has 0 saturated heterocycles. The number of aliphatic hydroxyl groups excluding tert-OH is 1. The number of alkyl halides is 1. The van der Waals surface area contributed by atoms with Crippen molar-refractivity contribution in [3.63, 3.8) is 0 Å². The van der Waals surface area contributed by atoms with Gasteiger partial charge in [-0.3, -0.25) is 9.78 Å². The molecule has 2 atom stereocenters. The normalized spacial score (nSPS) is 22.9. The van der Waals surface area contributed by atoms with Gasteiger partial charge in [0.1, 0.15) is 11.6 Å². The molecule has 0 amide bonds. The molecule has 0 radical (unpaired) electrons. The van der Waals surface area contributed by atoms with E-state index < -0.39 is 29.2 Å². The summed E-state index contributed by atoms with van der Waals surface area (Å²) in [5, 5.41) is 9.92. The molecule has 3 rings (SSSR count). The molecule has 0 spiro atoms. The number of rotatable bonds is 4. The van der Waals surface area contributed by atoms with Crippen molar-refractivity contribution in [2.45, 2.75) is 37.5 Å². The molecule has 6 heteroatoms. The Morgan fingerprint density at radius 3 is 2.88 bits per heavy atom. The van der Waals surface area contributed by atoms with E-state index >= 15 is 4.39 Å². The van der Waals surface area contributed by atoms with Gasteiger partial charge in [-0.2, -0.15) is 0 Å². The number of nitrogens with zero attached hydrogens (tertiary/aromatic N) is 1. The van der Waals surface area contributed by atoms with E-state index in [1.807, 2.05) is 0 Å². The first-order valence-electron chi connectivity index (χ1n) is 7.71. The van der Waals surface area contributed by atoms with Crippen molar-refractivity contribution >= 4 is 5.78 Å². The smallest absolute Gasteiger partial charge is 0.195 e.